The number of nitrogens with zero attached hydrogens (tertiary/aromatic N) is 8. The van der Waals surface area contributed by atoms with Crippen molar-refractivity contribution in [1.82, 2.24) is 39.3 Å². The monoisotopic (exact) mass is 465 g/mol. The molecule has 0 saturated heterocycles. The van der Waals surface area contributed by atoms with Crippen LogP contribution in [-0.4, -0.2) is 39.3 Å². The highest BCUT2D eigenvalue weighted by Gasteiger charge is 2.27. The molecule has 6 rings (SSSR count). The zero-order chi connectivity index (χ0) is 24.1. The van der Waals surface area contributed by atoms with Crippen LogP contribution < -0.4 is 5.32 Å². The SMILES string of the molecule is CC(C)n1cc(-c2ccc(-c3c4c(nn3C)CCc3cnc(Nc5ccn(C)n5)nc3-4)cc2)cn1. The number of fused-ring (bicyclic) bond motifs is 3. The molecule has 176 valence electrons. The lowest BCUT2D eigenvalue weighted by molar-refractivity contribution is 0.532. The van der Waals surface area contributed by atoms with Gasteiger partial charge < -0.3 is 5.32 Å². The third-order valence-corrected chi connectivity index (χ3v) is 6.43. The zero-order valence-electron chi connectivity index (χ0n) is 20.3. The Balaban J connectivity index is 1.38. The van der Waals surface area contributed by atoms with Crippen molar-refractivity contribution in [3.05, 3.63) is 66.4 Å². The number of anilines is 2. The summed E-state index contributed by atoms with van der Waals surface area (Å²) in [5, 5.41) is 16.9. The Kier molecular flexibility index (Phi) is 4.98. The van der Waals surface area contributed by atoms with E-state index in [1.807, 2.05) is 48.1 Å². The largest absolute Gasteiger partial charge is 0.307 e. The molecule has 1 aromatic carbocycles. The Morgan fingerprint density at radius 2 is 1.71 bits per heavy atom. The molecular formula is C26H27N9. The average molecular weight is 466 g/mol. The third-order valence-electron chi connectivity index (χ3n) is 6.43. The summed E-state index contributed by atoms with van der Waals surface area (Å²) >= 11 is 0. The van der Waals surface area contributed by atoms with Gasteiger partial charge in [-0.25, -0.2) is 9.97 Å². The molecular weight excluding hydrogens is 438 g/mol. The van der Waals surface area contributed by atoms with Crippen molar-refractivity contribution >= 4 is 11.8 Å². The maximum absolute atomic E-state index is 4.91. The van der Waals surface area contributed by atoms with Gasteiger partial charge in [-0.1, -0.05) is 24.3 Å². The van der Waals surface area contributed by atoms with Crippen molar-refractivity contribution in [2.24, 2.45) is 14.1 Å². The topological polar surface area (TPSA) is 91.3 Å². The second-order valence-electron chi connectivity index (χ2n) is 9.24. The Labute approximate surface area is 203 Å². The van der Waals surface area contributed by atoms with Crippen molar-refractivity contribution in [3.63, 3.8) is 0 Å². The third kappa shape index (κ3) is 3.78. The lowest BCUT2D eigenvalue weighted by atomic mass is 9.91. The first-order chi connectivity index (χ1) is 17.0. The minimum absolute atomic E-state index is 0.336. The predicted octanol–water partition coefficient (Wildman–Crippen LogP) is 4.56. The van der Waals surface area contributed by atoms with E-state index in [0.717, 1.165) is 57.7 Å². The molecule has 0 saturated carbocycles. The smallest absolute Gasteiger partial charge is 0.228 e. The lowest BCUT2D eigenvalue weighted by Crippen LogP contribution is -2.08. The minimum Gasteiger partial charge on any atom is -0.307 e. The van der Waals surface area contributed by atoms with Crippen LogP contribution in [0.4, 0.5) is 11.8 Å². The van der Waals surface area contributed by atoms with Gasteiger partial charge in [-0.2, -0.15) is 15.3 Å². The second-order valence-corrected chi connectivity index (χ2v) is 9.24. The van der Waals surface area contributed by atoms with Crippen molar-refractivity contribution < 1.29 is 0 Å². The van der Waals surface area contributed by atoms with E-state index in [9.17, 15) is 0 Å². The number of benzene rings is 1. The number of nitrogens with one attached hydrogen (secondary N) is 1. The summed E-state index contributed by atoms with van der Waals surface area (Å²) in [7, 11) is 3.89. The molecule has 0 radical (unpaired) electrons. The van der Waals surface area contributed by atoms with Gasteiger partial charge in [0.05, 0.1) is 23.3 Å². The number of rotatable bonds is 5. The summed E-state index contributed by atoms with van der Waals surface area (Å²) in [5.41, 5.74) is 8.64. The first-order valence-corrected chi connectivity index (χ1v) is 11.8. The van der Waals surface area contributed by atoms with E-state index in [2.05, 4.69) is 64.8 Å². The highest BCUT2D eigenvalue weighted by atomic mass is 15.3. The van der Waals surface area contributed by atoms with Crippen molar-refractivity contribution in [2.45, 2.75) is 32.7 Å². The van der Waals surface area contributed by atoms with Crippen LogP contribution in [0, 0.1) is 0 Å². The van der Waals surface area contributed by atoms with Gasteiger partial charge in [0.15, 0.2) is 5.82 Å². The van der Waals surface area contributed by atoms with Gasteiger partial charge in [0.2, 0.25) is 5.95 Å². The fourth-order valence-electron chi connectivity index (χ4n) is 4.64. The zero-order valence-corrected chi connectivity index (χ0v) is 20.3. The lowest BCUT2D eigenvalue weighted by Gasteiger charge is -2.17. The van der Waals surface area contributed by atoms with Gasteiger partial charge in [-0.15, -0.1) is 0 Å². The van der Waals surface area contributed by atoms with E-state index in [4.69, 9.17) is 10.1 Å². The van der Waals surface area contributed by atoms with Gasteiger partial charge >= 0.3 is 0 Å². The highest BCUT2D eigenvalue weighted by Crippen LogP contribution is 2.40. The molecule has 0 amide bonds. The molecule has 0 unspecified atom stereocenters. The molecule has 5 aromatic rings. The number of hydrogen-bond donors (Lipinski definition) is 1. The van der Waals surface area contributed by atoms with E-state index in [1.165, 1.54) is 0 Å². The molecule has 1 N–H and O–H groups in total. The average Bonchev–Trinajstić information content (AvgIpc) is 3.57. The summed E-state index contributed by atoms with van der Waals surface area (Å²) in [5.74, 6) is 1.24. The van der Waals surface area contributed by atoms with E-state index in [1.54, 1.807) is 4.68 Å². The van der Waals surface area contributed by atoms with Gasteiger partial charge in [0.25, 0.3) is 0 Å². The van der Waals surface area contributed by atoms with Crippen LogP contribution in [0.1, 0.15) is 31.1 Å². The molecule has 0 atom stereocenters. The van der Waals surface area contributed by atoms with Gasteiger partial charge in [-0.05, 0) is 37.8 Å². The fourth-order valence-corrected chi connectivity index (χ4v) is 4.64. The van der Waals surface area contributed by atoms with Crippen LogP contribution in [0.15, 0.2) is 55.1 Å². The van der Waals surface area contributed by atoms with Crippen LogP contribution in [-0.2, 0) is 26.9 Å². The summed E-state index contributed by atoms with van der Waals surface area (Å²) in [4.78, 5) is 9.44. The number of aryl methyl sites for hydroxylation is 4. The molecule has 9 heteroatoms. The molecule has 0 aliphatic heterocycles. The maximum Gasteiger partial charge on any atom is 0.228 e. The molecule has 1 aliphatic carbocycles. The molecule has 4 aromatic heterocycles. The molecule has 0 bridgehead atoms. The first kappa shape index (κ1) is 21.3. The summed E-state index contributed by atoms with van der Waals surface area (Å²) < 4.78 is 5.70. The summed E-state index contributed by atoms with van der Waals surface area (Å²) in [6.07, 6.45) is 9.57. The van der Waals surface area contributed by atoms with E-state index >= 15 is 0 Å². The van der Waals surface area contributed by atoms with Gasteiger partial charge in [0.1, 0.15) is 0 Å². The second kappa shape index (κ2) is 8.19. The normalized spacial score (nSPS) is 12.6. The van der Waals surface area contributed by atoms with Crippen molar-refractivity contribution in [1.29, 1.82) is 0 Å². The Morgan fingerprint density at radius 3 is 2.43 bits per heavy atom. The van der Waals surface area contributed by atoms with Crippen LogP contribution in [0.25, 0.3) is 33.6 Å². The quantitative estimate of drug-likeness (QED) is 0.409. The van der Waals surface area contributed by atoms with Gasteiger partial charge in [0, 0.05) is 61.5 Å². The highest BCUT2D eigenvalue weighted by molar-refractivity contribution is 5.85. The molecule has 35 heavy (non-hydrogen) atoms. The molecule has 4 heterocycles. The van der Waals surface area contributed by atoms with Crippen LogP contribution in [0.3, 0.4) is 0 Å². The Hall–Kier alpha value is -4.27. The minimum atomic E-state index is 0.336. The standard InChI is InChI=1S/C26H27N9/c1-16(2)35-15-20(14-28-35)17-5-7-18(8-6-17)25-23-21(31-34(25)4)10-9-19-13-27-26(30-24(19)23)29-22-11-12-33(3)32-22/h5-8,11-16H,9-10H2,1-4H3,(H,27,29,30,32). The predicted molar refractivity (Wildman–Crippen MR) is 135 cm³/mol. The first-order valence-electron chi connectivity index (χ1n) is 11.8. The molecule has 9 nitrogen and oxygen atoms in total. The fraction of sp³-hybridized carbons (Fsp3) is 0.269. The van der Waals surface area contributed by atoms with E-state index < -0.39 is 0 Å². The molecule has 1 aliphatic rings. The van der Waals surface area contributed by atoms with E-state index in [-0.39, 0.29) is 0 Å². The van der Waals surface area contributed by atoms with Crippen molar-refractivity contribution in [2.75, 3.05) is 5.32 Å². The Bertz CT molecular complexity index is 1520. The number of hydrogen-bond acceptors (Lipinski definition) is 6. The van der Waals surface area contributed by atoms with Crippen LogP contribution in [0.5, 0.6) is 0 Å². The number of aromatic nitrogens is 8. The molecule has 0 spiro atoms. The molecule has 0 fully saturated rings. The van der Waals surface area contributed by atoms with E-state index in [0.29, 0.717) is 17.8 Å². The van der Waals surface area contributed by atoms with Crippen LogP contribution in [0.2, 0.25) is 0 Å². The van der Waals surface area contributed by atoms with Gasteiger partial charge in [-0.3, -0.25) is 14.0 Å². The van der Waals surface area contributed by atoms with Crippen LogP contribution >= 0.6 is 0 Å². The summed E-state index contributed by atoms with van der Waals surface area (Å²) in [6, 6.07) is 10.8. The summed E-state index contributed by atoms with van der Waals surface area (Å²) in [6.45, 7) is 4.26. The Morgan fingerprint density at radius 1 is 0.914 bits per heavy atom. The van der Waals surface area contributed by atoms with Crippen molar-refractivity contribution in [3.8, 4) is 33.6 Å². The maximum atomic E-state index is 4.91.